The standard InChI is InChI=1S/C33H32N3O.C21H28NSi.Ir/c1-19-17-20(2)29(21(3)18-19)36-28-14-9-8-13-27(28)34-31(36)25-12-10-11-23-24-15-16-26(22(4)33(5,6)7)35-32(24)37-30(23)25;1-23(2,3)21-16-22-20(18-12-8-5-9-13-18)15-19(21)14-17-10-6-4-7-11-17;/h8-11,13-18,22H,1-7H3;5,8-9,12,15-17H,4,6-7,10-11,14H2,1-3H3;/q2*-1;. The van der Waals surface area contributed by atoms with Crippen LogP contribution in [0.25, 0.3) is 61.4 Å². The van der Waals surface area contributed by atoms with Gasteiger partial charge in [-0.05, 0) is 84.8 Å². The molecule has 0 aliphatic heterocycles. The number of hydrogen-bond acceptors (Lipinski definition) is 4. The van der Waals surface area contributed by atoms with E-state index in [-0.39, 0.29) is 25.5 Å². The molecule has 5 nitrogen and oxygen atoms in total. The molecule has 1 saturated carbocycles. The van der Waals surface area contributed by atoms with Crippen molar-refractivity contribution in [3.05, 3.63) is 137 Å². The Labute approximate surface area is 377 Å². The third kappa shape index (κ3) is 9.26. The summed E-state index contributed by atoms with van der Waals surface area (Å²) in [5, 5.41) is 3.59. The number of fused-ring (bicyclic) bond motifs is 4. The number of para-hydroxylation sites is 2. The average molecular weight is 1000 g/mol. The first-order chi connectivity index (χ1) is 28.7. The Morgan fingerprint density at radius 2 is 1.54 bits per heavy atom. The number of aryl methyl sites for hydroxylation is 3. The van der Waals surface area contributed by atoms with Gasteiger partial charge in [0.25, 0.3) is 0 Å². The molecule has 0 saturated heterocycles. The van der Waals surface area contributed by atoms with E-state index in [2.05, 4.69) is 158 Å². The topological polar surface area (TPSA) is 56.7 Å². The summed E-state index contributed by atoms with van der Waals surface area (Å²) in [6, 6.07) is 38.4. The third-order valence-electron chi connectivity index (χ3n) is 12.7. The zero-order chi connectivity index (χ0) is 42.3. The number of hydrogen-bond donors (Lipinski definition) is 0. The Kier molecular flexibility index (Phi) is 13.1. The van der Waals surface area contributed by atoms with Crippen molar-refractivity contribution in [2.75, 3.05) is 0 Å². The second-order valence-electron chi connectivity index (χ2n) is 19.3. The van der Waals surface area contributed by atoms with Gasteiger partial charge < -0.3 is 14.0 Å². The molecular formula is C54H60IrN4OSi-2. The summed E-state index contributed by atoms with van der Waals surface area (Å²) in [6.07, 6.45) is 10.5. The van der Waals surface area contributed by atoms with Crippen LogP contribution in [0.2, 0.25) is 19.6 Å². The van der Waals surface area contributed by atoms with Crippen LogP contribution in [0.4, 0.5) is 0 Å². The Bertz CT molecular complexity index is 2780. The second kappa shape index (κ2) is 18.0. The predicted octanol–water partition coefficient (Wildman–Crippen LogP) is 14.1. The summed E-state index contributed by atoms with van der Waals surface area (Å²) in [6.45, 7) is 22.7. The van der Waals surface area contributed by atoms with Crippen molar-refractivity contribution in [2.24, 2.45) is 11.3 Å². The average Bonchev–Trinajstić information content (AvgIpc) is 3.79. The molecule has 0 bridgehead atoms. The van der Waals surface area contributed by atoms with Gasteiger partial charge in [-0.2, -0.15) is 0 Å². The van der Waals surface area contributed by atoms with E-state index in [4.69, 9.17) is 19.4 Å². The minimum Gasteiger partial charge on any atom is -0.486 e. The van der Waals surface area contributed by atoms with E-state index >= 15 is 0 Å². The Morgan fingerprint density at radius 3 is 2.23 bits per heavy atom. The van der Waals surface area contributed by atoms with Crippen molar-refractivity contribution in [3.8, 4) is 28.3 Å². The van der Waals surface area contributed by atoms with Gasteiger partial charge in [0.15, 0.2) is 0 Å². The molecule has 0 amide bonds. The van der Waals surface area contributed by atoms with Gasteiger partial charge in [0.05, 0.1) is 30.5 Å². The second-order valence-corrected chi connectivity index (χ2v) is 24.4. The number of pyridine rings is 2. The van der Waals surface area contributed by atoms with Gasteiger partial charge in [-0.15, -0.1) is 54.1 Å². The van der Waals surface area contributed by atoms with Crippen LogP contribution in [0.15, 0.2) is 102 Å². The third-order valence-corrected chi connectivity index (χ3v) is 14.8. The molecule has 4 aromatic heterocycles. The zero-order valence-electron chi connectivity index (χ0n) is 37.7. The largest absolute Gasteiger partial charge is 0.486 e. The van der Waals surface area contributed by atoms with E-state index in [0.29, 0.717) is 11.6 Å². The first-order valence-corrected chi connectivity index (χ1v) is 25.4. The number of imidazole rings is 1. The van der Waals surface area contributed by atoms with Gasteiger partial charge in [-0.3, -0.25) is 4.98 Å². The van der Waals surface area contributed by atoms with Gasteiger partial charge in [0.2, 0.25) is 5.71 Å². The van der Waals surface area contributed by atoms with E-state index in [9.17, 15) is 0 Å². The molecule has 317 valence electrons. The Hall–Kier alpha value is -4.68. The smallest absolute Gasteiger partial charge is 0.216 e. The molecule has 1 atom stereocenters. The van der Waals surface area contributed by atoms with Crippen LogP contribution in [-0.2, 0) is 26.5 Å². The zero-order valence-corrected chi connectivity index (χ0v) is 41.1. The van der Waals surface area contributed by atoms with Crippen LogP contribution >= 0.6 is 0 Å². The molecule has 0 N–H and O–H groups in total. The van der Waals surface area contributed by atoms with Gasteiger partial charge in [-0.1, -0.05) is 132 Å². The summed E-state index contributed by atoms with van der Waals surface area (Å²) in [4.78, 5) is 14.9. The van der Waals surface area contributed by atoms with Crippen molar-refractivity contribution >= 4 is 46.4 Å². The molecule has 1 radical (unpaired) electrons. The van der Waals surface area contributed by atoms with Gasteiger partial charge in [-0.25, -0.2) is 4.98 Å². The van der Waals surface area contributed by atoms with Crippen molar-refractivity contribution in [1.29, 1.82) is 0 Å². The van der Waals surface area contributed by atoms with E-state index in [1.54, 1.807) is 10.8 Å². The van der Waals surface area contributed by atoms with Crippen molar-refractivity contribution in [2.45, 2.75) is 113 Å². The first-order valence-electron chi connectivity index (χ1n) is 21.9. The molecule has 7 heteroatoms. The molecule has 4 heterocycles. The van der Waals surface area contributed by atoms with E-state index < -0.39 is 8.07 Å². The molecule has 4 aromatic carbocycles. The molecule has 8 aromatic rings. The minimum atomic E-state index is -1.36. The fourth-order valence-corrected chi connectivity index (χ4v) is 10.8. The summed E-state index contributed by atoms with van der Waals surface area (Å²) in [5.41, 5.74) is 14.0. The van der Waals surface area contributed by atoms with Crippen LogP contribution in [0, 0.1) is 44.2 Å². The van der Waals surface area contributed by atoms with Crippen LogP contribution < -0.4 is 5.19 Å². The van der Waals surface area contributed by atoms with Gasteiger partial charge >= 0.3 is 0 Å². The fraction of sp³-hybridized carbons (Fsp3) is 0.352. The maximum absolute atomic E-state index is 6.51. The van der Waals surface area contributed by atoms with E-state index in [0.717, 1.165) is 67.3 Å². The summed E-state index contributed by atoms with van der Waals surface area (Å²) >= 11 is 0. The SMILES string of the molecule is C[Si](C)(C)c1cnc(-c2[c-]cccc2)cc1CC1CCCCC1.Cc1cc(C)c(-n2c(-c3[c-]ccc4c3oc3nc(C(C)C(C)(C)C)ccc34)nc3ccccc32)c(C)c1.[Ir]. The van der Waals surface area contributed by atoms with Crippen molar-refractivity contribution in [1.82, 2.24) is 19.5 Å². The maximum atomic E-state index is 6.51. The maximum Gasteiger partial charge on any atom is 0.216 e. The number of rotatable bonds is 7. The molecule has 1 aliphatic rings. The number of benzene rings is 4. The number of aromatic nitrogens is 4. The van der Waals surface area contributed by atoms with Crippen molar-refractivity contribution < 1.29 is 24.5 Å². The van der Waals surface area contributed by atoms with Gasteiger partial charge in [0.1, 0.15) is 0 Å². The molecule has 61 heavy (non-hydrogen) atoms. The molecular weight excluding hydrogens is 941 g/mol. The Morgan fingerprint density at radius 1 is 0.820 bits per heavy atom. The monoisotopic (exact) mass is 1000 g/mol. The fourth-order valence-electron chi connectivity index (χ4n) is 9.18. The van der Waals surface area contributed by atoms with Crippen molar-refractivity contribution in [3.63, 3.8) is 0 Å². The molecule has 1 fully saturated rings. The van der Waals surface area contributed by atoms with Crippen LogP contribution in [-0.4, -0.2) is 27.6 Å². The molecule has 9 rings (SSSR count). The van der Waals surface area contributed by atoms with Gasteiger partial charge in [0, 0.05) is 49.0 Å². The first kappa shape index (κ1) is 44.4. The summed E-state index contributed by atoms with van der Waals surface area (Å²) in [7, 11) is -1.36. The quantitative estimate of drug-likeness (QED) is 0.118. The van der Waals surface area contributed by atoms with Crippen LogP contribution in [0.1, 0.15) is 93.7 Å². The van der Waals surface area contributed by atoms with Crippen LogP contribution in [0.3, 0.4) is 0 Å². The minimum absolute atomic E-state index is 0. The van der Waals surface area contributed by atoms with E-state index in [1.807, 2.05) is 24.3 Å². The summed E-state index contributed by atoms with van der Waals surface area (Å²) in [5.74, 6) is 1.99. The number of nitrogens with zero attached hydrogens (tertiary/aromatic N) is 4. The predicted molar refractivity (Wildman–Crippen MR) is 254 cm³/mol. The van der Waals surface area contributed by atoms with E-state index in [1.165, 1.54) is 55.2 Å². The Balaban J connectivity index is 0.000000202. The number of furan rings is 1. The normalized spacial score (nSPS) is 14.2. The van der Waals surface area contributed by atoms with Crippen LogP contribution in [0.5, 0.6) is 0 Å². The molecule has 0 spiro atoms. The molecule has 1 unspecified atom stereocenters. The molecule has 1 aliphatic carbocycles. The summed E-state index contributed by atoms with van der Waals surface area (Å²) < 4.78 is 8.77.